The lowest BCUT2D eigenvalue weighted by atomic mass is 10.0. The summed E-state index contributed by atoms with van der Waals surface area (Å²) in [6, 6.07) is 7.18. The Labute approximate surface area is 134 Å². The average molecular weight is 313 g/mol. The zero-order valence-corrected chi connectivity index (χ0v) is 13.0. The summed E-state index contributed by atoms with van der Waals surface area (Å²) in [6.07, 6.45) is 5.26. The molecule has 1 aromatic carbocycles. The number of hydrogen-bond donors (Lipinski definition) is 1. The Morgan fingerprint density at radius 1 is 1.26 bits per heavy atom. The van der Waals surface area contributed by atoms with Crippen LogP contribution >= 0.6 is 0 Å². The molecule has 0 saturated carbocycles. The first kappa shape index (κ1) is 15.2. The highest BCUT2D eigenvalue weighted by Gasteiger charge is 2.23. The van der Waals surface area contributed by atoms with E-state index >= 15 is 0 Å². The summed E-state index contributed by atoms with van der Waals surface area (Å²) in [6.45, 7) is 3.60. The smallest absolute Gasteiger partial charge is 0.292 e. The molecule has 1 aromatic heterocycles. The maximum atomic E-state index is 11.2. The number of rotatable bonds is 4. The highest BCUT2D eigenvalue weighted by molar-refractivity contribution is 5.63. The molecule has 0 amide bonds. The Hall–Kier alpha value is -2.70. The molecule has 2 aromatic rings. The molecular weight excluding hydrogens is 294 g/mol. The Morgan fingerprint density at radius 2 is 1.96 bits per heavy atom. The molecule has 0 radical (unpaired) electrons. The van der Waals surface area contributed by atoms with Crippen molar-refractivity contribution in [2.75, 3.05) is 23.3 Å². The van der Waals surface area contributed by atoms with Gasteiger partial charge < -0.3 is 10.2 Å². The molecule has 7 nitrogen and oxygen atoms in total. The molecule has 1 saturated heterocycles. The van der Waals surface area contributed by atoms with E-state index in [4.69, 9.17) is 0 Å². The van der Waals surface area contributed by atoms with Crippen molar-refractivity contribution in [2.24, 2.45) is 0 Å². The molecule has 0 spiro atoms. The highest BCUT2D eigenvalue weighted by atomic mass is 16.6. The Bertz CT molecular complexity index is 684. The van der Waals surface area contributed by atoms with Crippen LogP contribution in [-0.2, 0) is 0 Å². The minimum Gasteiger partial charge on any atom is -0.377 e. The third kappa shape index (κ3) is 3.56. The quantitative estimate of drug-likeness (QED) is 0.690. The lowest BCUT2D eigenvalue weighted by molar-refractivity contribution is -0.384. The number of piperidine rings is 1. The molecule has 120 valence electrons. The lowest BCUT2D eigenvalue weighted by Gasteiger charge is -2.32. The summed E-state index contributed by atoms with van der Waals surface area (Å²) in [5.41, 5.74) is 1.74. The van der Waals surface area contributed by atoms with Crippen molar-refractivity contribution in [1.29, 1.82) is 0 Å². The topological polar surface area (TPSA) is 84.2 Å². The largest absolute Gasteiger partial charge is 0.377 e. The maximum Gasteiger partial charge on any atom is 0.292 e. The van der Waals surface area contributed by atoms with Gasteiger partial charge in [0.15, 0.2) is 0 Å². The third-order valence-electron chi connectivity index (χ3n) is 4.04. The van der Waals surface area contributed by atoms with Gasteiger partial charge in [-0.1, -0.05) is 6.07 Å². The van der Waals surface area contributed by atoms with Crippen LogP contribution in [0.3, 0.4) is 0 Å². The summed E-state index contributed by atoms with van der Waals surface area (Å²) in [7, 11) is 0. The van der Waals surface area contributed by atoms with E-state index in [-0.39, 0.29) is 16.7 Å². The van der Waals surface area contributed by atoms with Crippen LogP contribution in [0, 0.1) is 17.0 Å². The molecule has 3 rings (SSSR count). The Kier molecular flexibility index (Phi) is 4.36. The zero-order chi connectivity index (χ0) is 16.2. The van der Waals surface area contributed by atoms with Gasteiger partial charge in [0.1, 0.15) is 5.69 Å². The fraction of sp³-hybridized carbons (Fsp3) is 0.375. The van der Waals surface area contributed by atoms with Crippen LogP contribution < -0.4 is 10.2 Å². The highest BCUT2D eigenvalue weighted by Crippen LogP contribution is 2.28. The van der Waals surface area contributed by atoms with E-state index in [9.17, 15) is 10.1 Å². The van der Waals surface area contributed by atoms with Gasteiger partial charge in [0.2, 0.25) is 5.95 Å². The second-order valence-corrected chi connectivity index (χ2v) is 5.73. The minimum absolute atomic E-state index is 0.129. The number of hydrogen-bond acceptors (Lipinski definition) is 6. The van der Waals surface area contributed by atoms with Crippen LogP contribution in [0.5, 0.6) is 0 Å². The summed E-state index contributed by atoms with van der Waals surface area (Å²) in [5.74, 6) is 0.743. The van der Waals surface area contributed by atoms with E-state index in [1.54, 1.807) is 30.6 Å². The standard InChI is InChI=1S/C16H19N5O2/c1-12-3-4-15(21(22)23)14(11-12)19-13-5-9-20(10-6-13)16-17-7-2-8-18-16/h2-4,7-8,11,13,19H,5-6,9-10H2,1H3. The number of benzene rings is 1. The van der Waals surface area contributed by atoms with Crippen molar-refractivity contribution >= 4 is 17.3 Å². The molecule has 1 aliphatic heterocycles. The number of nitrogens with one attached hydrogen (secondary N) is 1. The van der Waals surface area contributed by atoms with Crippen LogP contribution in [0.1, 0.15) is 18.4 Å². The lowest BCUT2D eigenvalue weighted by Crippen LogP contribution is -2.40. The number of anilines is 2. The zero-order valence-electron chi connectivity index (χ0n) is 13.0. The molecular formula is C16H19N5O2. The van der Waals surface area contributed by atoms with Gasteiger partial charge in [-0.05, 0) is 37.5 Å². The summed E-state index contributed by atoms with van der Waals surface area (Å²) < 4.78 is 0. The summed E-state index contributed by atoms with van der Waals surface area (Å²) in [4.78, 5) is 21.5. The molecule has 1 aliphatic rings. The van der Waals surface area contributed by atoms with Gasteiger partial charge in [-0.15, -0.1) is 0 Å². The van der Waals surface area contributed by atoms with Crippen LogP contribution in [-0.4, -0.2) is 34.0 Å². The SMILES string of the molecule is Cc1ccc([N+](=O)[O-])c(NC2CCN(c3ncccn3)CC2)c1. The van der Waals surface area contributed by atoms with Gasteiger partial charge >= 0.3 is 0 Å². The van der Waals surface area contributed by atoms with Crippen LogP contribution in [0.15, 0.2) is 36.7 Å². The van der Waals surface area contributed by atoms with Crippen LogP contribution in [0.4, 0.5) is 17.3 Å². The van der Waals surface area contributed by atoms with E-state index < -0.39 is 0 Å². The van der Waals surface area contributed by atoms with E-state index in [1.165, 1.54) is 0 Å². The van der Waals surface area contributed by atoms with Gasteiger partial charge in [0, 0.05) is 37.6 Å². The van der Waals surface area contributed by atoms with Crippen molar-refractivity contribution in [3.63, 3.8) is 0 Å². The first-order chi connectivity index (χ1) is 11.1. The van der Waals surface area contributed by atoms with Gasteiger partial charge in [0.25, 0.3) is 5.69 Å². The van der Waals surface area contributed by atoms with Crippen molar-refractivity contribution in [3.8, 4) is 0 Å². The number of aryl methyl sites for hydroxylation is 1. The van der Waals surface area contributed by atoms with E-state index in [0.29, 0.717) is 5.69 Å². The predicted molar refractivity (Wildman–Crippen MR) is 88.7 cm³/mol. The maximum absolute atomic E-state index is 11.2. The molecule has 0 atom stereocenters. The first-order valence-corrected chi connectivity index (χ1v) is 7.67. The second-order valence-electron chi connectivity index (χ2n) is 5.73. The Morgan fingerprint density at radius 3 is 2.61 bits per heavy atom. The fourth-order valence-electron chi connectivity index (χ4n) is 2.82. The molecule has 7 heteroatoms. The van der Waals surface area contributed by atoms with Gasteiger partial charge in [-0.2, -0.15) is 0 Å². The second kappa shape index (κ2) is 6.60. The van der Waals surface area contributed by atoms with E-state index in [0.717, 1.165) is 37.4 Å². The van der Waals surface area contributed by atoms with Crippen molar-refractivity contribution in [2.45, 2.75) is 25.8 Å². The van der Waals surface area contributed by atoms with E-state index in [1.807, 2.05) is 13.0 Å². The van der Waals surface area contributed by atoms with Gasteiger partial charge in [-0.25, -0.2) is 9.97 Å². The number of nitrogens with zero attached hydrogens (tertiary/aromatic N) is 4. The molecule has 0 unspecified atom stereocenters. The monoisotopic (exact) mass is 313 g/mol. The molecule has 0 bridgehead atoms. The number of nitro benzene ring substituents is 1. The minimum atomic E-state index is -0.339. The number of aromatic nitrogens is 2. The van der Waals surface area contributed by atoms with E-state index in [2.05, 4.69) is 20.2 Å². The normalized spacial score (nSPS) is 15.4. The molecule has 23 heavy (non-hydrogen) atoms. The average Bonchev–Trinajstić information content (AvgIpc) is 2.56. The number of nitro groups is 1. The molecule has 0 aliphatic carbocycles. The predicted octanol–water partition coefficient (Wildman–Crippen LogP) is 2.77. The third-order valence-corrected chi connectivity index (χ3v) is 4.04. The summed E-state index contributed by atoms with van der Waals surface area (Å²) in [5, 5.41) is 14.5. The van der Waals surface area contributed by atoms with Crippen molar-refractivity contribution < 1.29 is 4.92 Å². The van der Waals surface area contributed by atoms with Crippen LogP contribution in [0.25, 0.3) is 0 Å². The Balaban J connectivity index is 1.65. The molecule has 2 heterocycles. The summed E-state index contributed by atoms with van der Waals surface area (Å²) >= 11 is 0. The van der Waals surface area contributed by atoms with Crippen LogP contribution in [0.2, 0.25) is 0 Å². The molecule has 1 fully saturated rings. The van der Waals surface area contributed by atoms with Crippen molar-refractivity contribution in [1.82, 2.24) is 9.97 Å². The van der Waals surface area contributed by atoms with Crippen molar-refractivity contribution in [3.05, 3.63) is 52.3 Å². The molecule has 1 N–H and O–H groups in total. The fourth-order valence-corrected chi connectivity index (χ4v) is 2.82. The van der Waals surface area contributed by atoms with Gasteiger partial charge in [-0.3, -0.25) is 10.1 Å². The van der Waals surface area contributed by atoms with Gasteiger partial charge in [0.05, 0.1) is 4.92 Å². The first-order valence-electron chi connectivity index (χ1n) is 7.67.